The van der Waals surface area contributed by atoms with Gasteiger partial charge in [-0.2, -0.15) is 0 Å². The number of anilines is 1. The minimum atomic E-state index is -0.148. The number of hydrogen-bond acceptors (Lipinski definition) is 5. The van der Waals surface area contributed by atoms with E-state index in [2.05, 4.69) is 15.3 Å². The summed E-state index contributed by atoms with van der Waals surface area (Å²) in [6.07, 6.45) is 2.07. The highest BCUT2D eigenvalue weighted by atomic mass is 32.1. The zero-order valence-corrected chi connectivity index (χ0v) is 11.5. The van der Waals surface area contributed by atoms with Gasteiger partial charge in [-0.25, -0.2) is 4.98 Å². The van der Waals surface area contributed by atoms with Gasteiger partial charge >= 0.3 is 0 Å². The van der Waals surface area contributed by atoms with Crippen molar-refractivity contribution in [2.24, 2.45) is 0 Å². The quantitative estimate of drug-likeness (QED) is 0.929. The summed E-state index contributed by atoms with van der Waals surface area (Å²) in [6.45, 7) is 2.99. The first kappa shape index (κ1) is 13.4. The molecule has 0 unspecified atom stereocenters. The third-order valence-corrected chi connectivity index (χ3v) is 3.09. The van der Waals surface area contributed by atoms with Crippen molar-refractivity contribution >= 4 is 28.2 Å². The topological polar surface area (TPSA) is 72.0 Å². The minimum absolute atomic E-state index is 0.108. The molecule has 2 aromatic rings. The van der Waals surface area contributed by atoms with Crippen LogP contribution in [0.15, 0.2) is 23.7 Å². The molecule has 2 heterocycles. The summed E-state index contributed by atoms with van der Waals surface area (Å²) in [7, 11) is 0. The van der Waals surface area contributed by atoms with Gasteiger partial charge in [0.05, 0.1) is 5.69 Å². The molecule has 0 saturated carbocycles. The van der Waals surface area contributed by atoms with E-state index in [1.165, 1.54) is 18.3 Å². The summed E-state index contributed by atoms with van der Waals surface area (Å²) in [4.78, 5) is 30.5. The van der Waals surface area contributed by atoms with E-state index in [1.54, 1.807) is 13.1 Å². The highest BCUT2D eigenvalue weighted by molar-refractivity contribution is 7.14. The van der Waals surface area contributed by atoms with Crippen molar-refractivity contribution in [1.29, 1.82) is 0 Å². The summed E-state index contributed by atoms with van der Waals surface area (Å²) >= 11 is 1.35. The molecule has 0 fully saturated rings. The Morgan fingerprint density at radius 1 is 1.26 bits per heavy atom. The van der Waals surface area contributed by atoms with Crippen LogP contribution in [0.2, 0.25) is 0 Å². The molecule has 0 bridgehead atoms. The number of pyridine rings is 1. The lowest BCUT2D eigenvalue weighted by molar-refractivity contribution is -0.116. The average molecular weight is 275 g/mol. The lowest BCUT2D eigenvalue weighted by atomic mass is 10.1. The number of nitrogens with zero attached hydrogens (tertiary/aromatic N) is 2. The monoisotopic (exact) mass is 275 g/mol. The molecule has 0 aliphatic rings. The van der Waals surface area contributed by atoms with E-state index in [-0.39, 0.29) is 11.7 Å². The number of rotatable bonds is 4. The van der Waals surface area contributed by atoms with Crippen LogP contribution in [-0.2, 0) is 16.0 Å². The van der Waals surface area contributed by atoms with Crippen LogP contribution in [-0.4, -0.2) is 21.7 Å². The molecular formula is C13H13N3O2S. The second kappa shape index (κ2) is 5.71. The Hall–Kier alpha value is -2.08. The molecule has 2 aromatic heterocycles. The van der Waals surface area contributed by atoms with Crippen molar-refractivity contribution in [2.75, 3.05) is 5.32 Å². The lowest BCUT2D eigenvalue weighted by Crippen LogP contribution is -2.05. The normalized spacial score (nSPS) is 10.2. The largest absolute Gasteiger partial charge is 0.302 e. The standard InChI is InChI=1S/C13H13N3O2S/c1-8(17)5-10-3-4-11(14-6-10)12-7-19-13(16-12)15-9(2)18/h3-4,6-7H,5H2,1-2H3,(H,15,16,18). The van der Waals surface area contributed by atoms with Crippen LogP contribution in [0.1, 0.15) is 19.4 Å². The minimum Gasteiger partial charge on any atom is -0.302 e. The fraction of sp³-hybridized carbons (Fsp3) is 0.231. The number of carbonyl (C=O) groups excluding carboxylic acids is 2. The zero-order valence-electron chi connectivity index (χ0n) is 10.6. The van der Waals surface area contributed by atoms with Crippen molar-refractivity contribution in [1.82, 2.24) is 9.97 Å². The maximum atomic E-state index is 11.0. The molecule has 0 spiro atoms. The lowest BCUT2D eigenvalue weighted by Gasteiger charge is -1.99. The summed E-state index contributed by atoms with van der Waals surface area (Å²) < 4.78 is 0. The van der Waals surface area contributed by atoms with Crippen molar-refractivity contribution in [3.05, 3.63) is 29.3 Å². The van der Waals surface area contributed by atoms with E-state index < -0.39 is 0 Å². The number of amides is 1. The molecule has 1 amide bonds. The highest BCUT2D eigenvalue weighted by Gasteiger charge is 2.07. The fourth-order valence-corrected chi connectivity index (χ4v) is 2.32. The van der Waals surface area contributed by atoms with Gasteiger partial charge in [0.15, 0.2) is 5.13 Å². The summed E-state index contributed by atoms with van der Waals surface area (Å²) in [6, 6.07) is 3.69. The van der Waals surface area contributed by atoms with E-state index in [4.69, 9.17) is 0 Å². The fourth-order valence-electron chi connectivity index (χ4n) is 1.57. The Balaban J connectivity index is 2.15. The molecule has 6 heteroatoms. The Labute approximate surface area is 114 Å². The number of nitrogens with one attached hydrogen (secondary N) is 1. The molecule has 2 rings (SSSR count). The number of thiazole rings is 1. The third kappa shape index (κ3) is 3.69. The van der Waals surface area contributed by atoms with Gasteiger partial charge in [0, 0.05) is 24.9 Å². The molecule has 1 N–H and O–H groups in total. The van der Waals surface area contributed by atoms with Crippen LogP contribution in [0.4, 0.5) is 5.13 Å². The van der Waals surface area contributed by atoms with Crippen LogP contribution in [0, 0.1) is 0 Å². The number of aromatic nitrogens is 2. The van der Waals surface area contributed by atoms with E-state index in [0.29, 0.717) is 17.2 Å². The Kier molecular flexibility index (Phi) is 4.01. The summed E-state index contributed by atoms with van der Waals surface area (Å²) in [5.41, 5.74) is 2.32. The molecule has 0 aromatic carbocycles. The summed E-state index contributed by atoms with van der Waals surface area (Å²) in [5, 5.41) is 5.01. The first-order chi connectivity index (χ1) is 9.04. The molecule has 19 heavy (non-hydrogen) atoms. The number of ketones is 1. The zero-order chi connectivity index (χ0) is 13.8. The molecule has 98 valence electrons. The molecule has 0 radical (unpaired) electrons. The molecule has 0 aliphatic heterocycles. The predicted octanol–water partition coefficient (Wildman–Crippen LogP) is 2.29. The van der Waals surface area contributed by atoms with E-state index in [1.807, 2.05) is 17.5 Å². The number of hydrogen-bond donors (Lipinski definition) is 1. The van der Waals surface area contributed by atoms with E-state index in [9.17, 15) is 9.59 Å². The Morgan fingerprint density at radius 2 is 2.05 bits per heavy atom. The first-order valence-corrected chi connectivity index (χ1v) is 6.60. The number of carbonyl (C=O) groups is 2. The molecule has 0 aliphatic carbocycles. The van der Waals surface area contributed by atoms with Gasteiger partial charge in [0.25, 0.3) is 0 Å². The molecule has 5 nitrogen and oxygen atoms in total. The first-order valence-electron chi connectivity index (χ1n) is 5.72. The van der Waals surface area contributed by atoms with Gasteiger partial charge in [-0.15, -0.1) is 11.3 Å². The molecular weight excluding hydrogens is 262 g/mol. The second-order valence-corrected chi connectivity index (χ2v) is 5.01. The van der Waals surface area contributed by atoms with Gasteiger partial charge < -0.3 is 5.32 Å². The molecule has 0 saturated heterocycles. The maximum Gasteiger partial charge on any atom is 0.223 e. The second-order valence-electron chi connectivity index (χ2n) is 4.15. The van der Waals surface area contributed by atoms with Crippen molar-refractivity contribution in [2.45, 2.75) is 20.3 Å². The van der Waals surface area contributed by atoms with E-state index >= 15 is 0 Å². The Morgan fingerprint density at radius 3 is 2.63 bits per heavy atom. The SMILES string of the molecule is CC(=O)Cc1ccc(-c2csc(NC(C)=O)n2)nc1. The van der Waals surface area contributed by atoms with Crippen LogP contribution >= 0.6 is 11.3 Å². The van der Waals surface area contributed by atoms with E-state index in [0.717, 1.165) is 11.3 Å². The van der Waals surface area contributed by atoms with Crippen LogP contribution in [0.5, 0.6) is 0 Å². The van der Waals surface area contributed by atoms with Gasteiger partial charge in [-0.1, -0.05) is 6.07 Å². The predicted molar refractivity (Wildman–Crippen MR) is 74.0 cm³/mol. The van der Waals surface area contributed by atoms with Crippen LogP contribution in [0.3, 0.4) is 0 Å². The maximum absolute atomic E-state index is 11.0. The van der Waals surface area contributed by atoms with Gasteiger partial charge in [0.2, 0.25) is 5.91 Å². The van der Waals surface area contributed by atoms with Crippen molar-refractivity contribution in [3.8, 4) is 11.4 Å². The van der Waals surface area contributed by atoms with Gasteiger partial charge in [-0.3, -0.25) is 14.6 Å². The summed E-state index contributed by atoms with van der Waals surface area (Å²) in [5.74, 6) is -0.0400. The third-order valence-electron chi connectivity index (χ3n) is 2.33. The highest BCUT2D eigenvalue weighted by Crippen LogP contribution is 2.23. The smallest absolute Gasteiger partial charge is 0.223 e. The van der Waals surface area contributed by atoms with Gasteiger partial charge in [-0.05, 0) is 18.6 Å². The van der Waals surface area contributed by atoms with Crippen molar-refractivity contribution in [3.63, 3.8) is 0 Å². The number of Topliss-reactive ketones (excluding diaryl/α,β-unsaturated/α-hetero) is 1. The average Bonchev–Trinajstić information content (AvgIpc) is 2.76. The van der Waals surface area contributed by atoms with Crippen LogP contribution < -0.4 is 5.32 Å². The van der Waals surface area contributed by atoms with Crippen LogP contribution in [0.25, 0.3) is 11.4 Å². The molecule has 0 atom stereocenters. The van der Waals surface area contributed by atoms with Crippen molar-refractivity contribution < 1.29 is 9.59 Å². The van der Waals surface area contributed by atoms with Gasteiger partial charge in [0.1, 0.15) is 11.5 Å². The Bertz CT molecular complexity index is 605.